The predicted molar refractivity (Wildman–Crippen MR) is 61.0 cm³/mol. The first-order valence-corrected chi connectivity index (χ1v) is 5.23. The van der Waals surface area contributed by atoms with E-state index in [1.54, 1.807) is 6.07 Å². The third-order valence-corrected chi connectivity index (χ3v) is 2.41. The lowest BCUT2D eigenvalue weighted by molar-refractivity contribution is 0.591. The number of benzene rings is 1. The molecule has 80 valence electrons. The first-order valence-electron chi connectivity index (χ1n) is 5.23. The van der Waals surface area contributed by atoms with Crippen molar-refractivity contribution in [2.45, 2.75) is 25.3 Å². The van der Waals surface area contributed by atoms with Crippen molar-refractivity contribution in [1.82, 2.24) is 0 Å². The van der Waals surface area contributed by atoms with Crippen molar-refractivity contribution in [1.29, 1.82) is 5.26 Å². The maximum Gasteiger partial charge on any atom is 0.0991 e. The van der Waals surface area contributed by atoms with Gasteiger partial charge >= 0.3 is 0 Å². The topological polar surface area (TPSA) is 75.8 Å². The zero-order valence-electron chi connectivity index (χ0n) is 8.82. The Bertz CT molecular complexity index is 341. The van der Waals surface area contributed by atoms with E-state index < -0.39 is 0 Å². The van der Waals surface area contributed by atoms with E-state index in [4.69, 9.17) is 16.7 Å². The van der Waals surface area contributed by atoms with E-state index in [2.05, 4.69) is 6.07 Å². The Balaban J connectivity index is 2.57. The zero-order valence-corrected chi connectivity index (χ0v) is 8.82. The Morgan fingerprint density at radius 3 is 2.80 bits per heavy atom. The smallest absolute Gasteiger partial charge is 0.0991 e. The predicted octanol–water partition coefficient (Wildman–Crippen LogP) is 1.69. The minimum Gasteiger partial charge on any atom is -0.330 e. The summed E-state index contributed by atoms with van der Waals surface area (Å²) in [6.07, 6.45) is 2.96. The molecule has 0 bridgehead atoms. The second-order valence-electron chi connectivity index (χ2n) is 3.63. The molecule has 3 heteroatoms. The molecule has 1 atom stereocenters. The van der Waals surface area contributed by atoms with Crippen molar-refractivity contribution in [2.24, 2.45) is 11.5 Å². The largest absolute Gasteiger partial charge is 0.330 e. The summed E-state index contributed by atoms with van der Waals surface area (Å²) in [6.45, 7) is 0.713. The van der Waals surface area contributed by atoms with E-state index in [1.807, 2.05) is 18.2 Å². The molecule has 0 fully saturated rings. The Labute approximate surface area is 90.7 Å². The number of nitrogens with two attached hydrogens (primary N) is 2. The summed E-state index contributed by atoms with van der Waals surface area (Å²) in [5.74, 6) is 0. The molecular formula is C12H17N3. The van der Waals surface area contributed by atoms with Gasteiger partial charge in [-0.3, -0.25) is 0 Å². The van der Waals surface area contributed by atoms with Crippen LogP contribution in [0.1, 0.15) is 36.4 Å². The fraction of sp³-hybridized carbons (Fsp3) is 0.417. The van der Waals surface area contributed by atoms with Crippen LogP contribution < -0.4 is 11.5 Å². The molecule has 4 N–H and O–H groups in total. The summed E-state index contributed by atoms with van der Waals surface area (Å²) < 4.78 is 0. The van der Waals surface area contributed by atoms with Crippen molar-refractivity contribution in [2.75, 3.05) is 6.54 Å². The Morgan fingerprint density at radius 1 is 1.33 bits per heavy atom. The molecule has 0 amide bonds. The van der Waals surface area contributed by atoms with Gasteiger partial charge in [0.25, 0.3) is 0 Å². The summed E-state index contributed by atoms with van der Waals surface area (Å²) in [6, 6.07) is 9.61. The molecule has 0 saturated carbocycles. The first kappa shape index (κ1) is 11.7. The van der Waals surface area contributed by atoms with Gasteiger partial charge in [-0.15, -0.1) is 0 Å². The third-order valence-electron chi connectivity index (χ3n) is 2.41. The van der Waals surface area contributed by atoms with Gasteiger partial charge in [-0.2, -0.15) is 5.26 Å². The number of unbranched alkanes of at least 4 members (excludes halogenated alkanes) is 1. The maximum absolute atomic E-state index is 8.75. The summed E-state index contributed by atoms with van der Waals surface area (Å²) in [5.41, 5.74) is 13.1. The molecule has 1 rings (SSSR count). The maximum atomic E-state index is 8.75. The number of hydrogen-bond acceptors (Lipinski definition) is 3. The summed E-state index contributed by atoms with van der Waals surface area (Å²) in [5, 5.41) is 8.75. The summed E-state index contributed by atoms with van der Waals surface area (Å²) in [7, 11) is 0. The number of hydrogen-bond donors (Lipinski definition) is 2. The van der Waals surface area contributed by atoms with Gasteiger partial charge in [0.15, 0.2) is 0 Å². The standard InChI is InChI=1S/C12H17N3/c13-7-2-1-6-12(15)11-5-3-4-10(8-11)9-14/h3-5,8,12H,1-2,6-7,13,15H2/t12-/m1/s1. The van der Waals surface area contributed by atoms with E-state index in [0.717, 1.165) is 24.8 Å². The van der Waals surface area contributed by atoms with Gasteiger partial charge in [-0.05, 0) is 37.1 Å². The van der Waals surface area contributed by atoms with Crippen molar-refractivity contribution in [3.05, 3.63) is 35.4 Å². The van der Waals surface area contributed by atoms with Gasteiger partial charge in [0.05, 0.1) is 11.6 Å². The van der Waals surface area contributed by atoms with Crippen molar-refractivity contribution in [3.63, 3.8) is 0 Å². The van der Waals surface area contributed by atoms with Crippen LogP contribution in [0.5, 0.6) is 0 Å². The fourth-order valence-corrected chi connectivity index (χ4v) is 1.51. The molecule has 0 spiro atoms. The van der Waals surface area contributed by atoms with Crippen LogP contribution in [0, 0.1) is 11.3 Å². The average Bonchev–Trinajstić information content (AvgIpc) is 2.29. The zero-order chi connectivity index (χ0) is 11.1. The third kappa shape index (κ3) is 3.70. The minimum absolute atomic E-state index is 0.0184. The minimum atomic E-state index is 0.0184. The number of nitrogens with zero attached hydrogens (tertiary/aromatic N) is 1. The van der Waals surface area contributed by atoms with Crippen molar-refractivity contribution in [3.8, 4) is 6.07 Å². The molecule has 0 unspecified atom stereocenters. The molecule has 0 radical (unpaired) electrons. The van der Waals surface area contributed by atoms with Crippen LogP contribution in [0.3, 0.4) is 0 Å². The number of rotatable bonds is 5. The molecule has 1 aromatic rings. The average molecular weight is 203 g/mol. The van der Waals surface area contributed by atoms with E-state index >= 15 is 0 Å². The van der Waals surface area contributed by atoms with Crippen LogP contribution in [0.15, 0.2) is 24.3 Å². The Hall–Kier alpha value is -1.37. The highest BCUT2D eigenvalue weighted by atomic mass is 14.6. The highest BCUT2D eigenvalue weighted by molar-refractivity contribution is 5.34. The molecule has 0 aliphatic carbocycles. The molecule has 1 aromatic carbocycles. The van der Waals surface area contributed by atoms with Gasteiger partial charge < -0.3 is 11.5 Å². The highest BCUT2D eigenvalue weighted by Crippen LogP contribution is 2.17. The molecule has 3 nitrogen and oxygen atoms in total. The lowest BCUT2D eigenvalue weighted by Crippen LogP contribution is -2.11. The van der Waals surface area contributed by atoms with Gasteiger partial charge in [0, 0.05) is 6.04 Å². The van der Waals surface area contributed by atoms with Gasteiger partial charge in [-0.25, -0.2) is 0 Å². The van der Waals surface area contributed by atoms with Gasteiger partial charge in [0.1, 0.15) is 0 Å². The lowest BCUT2D eigenvalue weighted by Gasteiger charge is -2.11. The highest BCUT2D eigenvalue weighted by Gasteiger charge is 2.05. The molecule has 0 aliphatic rings. The van der Waals surface area contributed by atoms with E-state index in [1.165, 1.54) is 0 Å². The van der Waals surface area contributed by atoms with Crippen LogP contribution in [0.25, 0.3) is 0 Å². The SMILES string of the molecule is N#Cc1cccc([C@H](N)CCCCN)c1. The van der Waals surface area contributed by atoms with Crippen molar-refractivity contribution >= 4 is 0 Å². The number of nitriles is 1. The Morgan fingerprint density at radius 2 is 2.13 bits per heavy atom. The normalized spacial score (nSPS) is 12.1. The van der Waals surface area contributed by atoms with E-state index in [0.29, 0.717) is 12.1 Å². The second kappa shape index (κ2) is 6.18. The van der Waals surface area contributed by atoms with Crippen LogP contribution >= 0.6 is 0 Å². The fourth-order valence-electron chi connectivity index (χ4n) is 1.51. The molecule has 0 saturated heterocycles. The van der Waals surface area contributed by atoms with Crippen LogP contribution in [-0.4, -0.2) is 6.54 Å². The first-order chi connectivity index (χ1) is 7.27. The van der Waals surface area contributed by atoms with E-state index in [-0.39, 0.29) is 6.04 Å². The summed E-state index contributed by atoms with van der Waals surface area (Å²) >= 11 is 0. The molecule has 0 aliphatic heterocycles. The molecular weight excluding hydrogens is 186 g/mol. The van der Waals surface area contributed by atoms with Crippen LogP contribution in [-0.2, 0) is 0 Å². The van der Waals surface area contributed by atoms with Crippen LogP contribution in [0.2, 0.25) is 0 Å². The Kier molecular flexibility index (Phi) is 4.82. The van der Waals surface area contributed by atoms with Gasteiger partial charge in [-0.1, -0.05) is 18.6 Å². The quantitative estimate of drug-likeness (QED) is 0.715. The van der Waals surface area contributed by atoms with Crippen LogP contribution in [0.4, 0.5) is 0 Å². The monoisotopic (exact) mass is 203 g/mol. The van der Waals surface area contributed by atoms with Crippen molar-refractivity contribution < 1.29 is 0 Å². The lowest BCUT2D eigenvalue weighted by atomic mass is 10.0. The second-order valence-corrected chi connectivity index (χ2v) is 3.63. The molecule has 0 heterocycles. The van der Waals surface area contributed by atoms with E-state index in [9.17, 15) is 0 Å². The molecule has 0 aromatic heterocycles. The molecule has 15 heavy (non-hydrogen) atoms. The summed E-state index contributed by atoms with van der Waals surface area (Å²) in [4.78, 5) is 0. The van der Waals surface area contributed by atoms with Gasteiger partial charge in [0.2, 0.25) is 0 Å².